The molecule has 1 heterocycles. The summed E-state index contributed by atoms with van der Waals surface area (Å²) in [6, 6.07) is 32.7. The van der Waals surface area contributed by atoms with Gasteiger partial charge in [-0.1, -0.05) is 48.9 Å². The number of benzene rings is 4. The Morgan fingerprint density at radius 2 is 1.46 bits per heavy atom. The van der Waals surface area contributed by atoms with E-state index in [2.05, 4.69) is 17.4 Å². The Hall–Kier alpha value is -4.09. The average molecular weight is 493 g/mol. The summed E-state index contributed by atoms with van der Waals surface area (Å²) in [6.07, 6.45) is 4.73. The molecule has 188 valence electrons. The minimum atomic E-state index is -0.176. The van der Waals surface area contributed by atoms with Gasteiger partial charge in [0.25, 0.3) is 5.91 Å². The number of nitrogens with one attached hydrogen (secondary N) is 1. The summed E-state index contributed by atoms with van der Waals surface area (Å²) in [5.74, 6) is 0.737. The number of phenols is 1. The normalized spacial score (nSPS) is 15.2. The van der Waals surface area contributed by atoms with Crippen LogP contribution >= 0.6 is 0 Å². The first-order chi connectivity index (χ1) is 18.2. The van der Waals surface area contributed by atoms with Crippen molar-refractivity contribution in [3.8, 4) is 22.6 Å². The molecule has 1 unspecified atom stereocenters. The zero-order chi connectivity index (χ0) is 25.5. The minimum absolute atomic E-state index is 0.125. The summed E-state index contributed by atoms with van der Waals surface area (Å²) in [7, 11) is 0. The van der Waals surface area contributed by atoms with E-state index >= 15 is 0 Å². The Morgan fingerprint density at radius 1 is 0.811 bits per heavy atom. The number of phenolic OH excluding ortho intramolecular Hbond substituents is 1. The topological polar surface area (TPSA) is 61.8 Å². The molecular formula is C32H32N2O3. The van der Waals surface area contributed by atoms with E-state index in [0.29, 0.717) is 18.2 Å². The summed E-state index contributed by atoms with van der Waals surface area (Å²) < 4.78 is 6.00. The highest BCUT2D eigenvalue weighted by Crippen LogP contribution is 2.31. The molecule has 5 heteroatoms. The molecule has 5 nitrogen and oxygen atoms in total. The van der Waals surface area contributed by atoms with Crippen molar-refractivity contribution in [1.82, 2.24) is 5.32 Å². The summed E-state index contributed by atoms with van der Waals surface area (Å²) in [6.45, 7) is 1.75. The highest BCUT2D eigenvalue weighted by molar-refractivity contribution is 6.11. The maximum atomic E-state index is 13.7. The van der Waals surface area contributed by atoms with E-state index in [4.69, 9.17) is 4.74 Å². The van der Waals surface area contributed by atoms with Crippen molar-refractivity contribution < 1.29 is 14.6 Å². The van der Waals surface area contributed by atoms with Gasteiger partial charge < -0.3 is 15.2 Å². The monoisotopic (exact) mass is 492 g/mol. The maximum absolute atomic E-state index is 13.7. The second kappa shape index (κ2) is 11.8. The lowest BCUT2D eigenvalue weighted by atomic mass is 10.0. The zero-order valence-corrected chi connectivity index (χ0v) is 20.8. The number of anilines is 2. The number of hydrogen-bond acceptors (Lipinski definition) is 4. The third kappa shape index (κ3) is 6.19. The first-order valence-electron chi connectivity index (χ1n) is 12.9. The van der Waals surface area contributed by atoms with E-state index in [0.717, 1.165) is 41.2 Å². The highest BCUT2D eigenvalue weighted by atomic mass is 16.5. The van der Waals surface area contributed by atoms with Crippen LogP contribution in [0.4, 0.5) is 11.4 Å². The van der Waals surface area contributed by atoms with Gasteiger partial charge in [0.1, 0.15) is 11.5 Å². The number of rotatable bonds is 8. The third-order valence-corrected chi connectivity index (χ3v) is 6.79. The molecule has 0 saturated carbocycles. The second-order valence-corrected chi connectivity index (χ2v) is 9.38. The van der Waals surface area contributed by atoms with Gasteiger partial charge in [-0.15, -0.1) is 0 Å². The molecule has 0 radical (unpaired) electrons. The van der Waals surface area contributed by atoms with Gasteiger partial charge in [-0.2, -0.15) is 0 Å². The van der Waals surface area contributed by atoms with E-state index < -0.39 is 0 Å². The van der Waals surface area contributed by atoms with E-state index in [9.17, 15) is 9.90 Å². The number of nitrogens with zero attached hydrogens (tertiary/aromatic N) is 1. The summed E-state index contributed by atoms with van der Waals surface area (Å²) in [4.78, 5) is 15.3. The van der Waals surface area contributed by atoms with Gasteiger partial charge in [-0.25, -0.2) is 0 Å². The number of hydrogen-bond donors (Lipinski definition) is 2. The minimum Gasteiger partial charge on any atom is -0.508 e. The van der Waals surface area contributed by atoms with Crippen LogP contribution in [0.2, 0.25) is 0 Å². The fourth-order valence-electron chi connectivity index (χ4n) is 4.73. The molecule has 1 saturated heterocycles. The quantitative estimate of drug-likeness (QED) is 0.279. The van der Waals surface area contributed by atoms with Gasteiger partial charge in [0.2, 0.25) is 0 Å². The van der Waals surface area contributed by atoms with Gasteiger partial charge in [0, 0.05) is 23.0 Å². The second-order valence-electron chi connectivity index (χ2n) is 9.38. The SMILES string of the molecule is O=C(c1ccc(O)cc1)N(c1ccc(OCCC2CCCCN2)cc1)c1ccc(-c2ccccc2)cc1. The van der Waals surface area contributed by atoms with Crippen LogP contribution in [-0.2, 0) is 0 Å². The first-order valence-corrected chi connectivity index (χ1v) is 12.9. The van der Waals surface area contributed by atoms with Crippen LogP contribution in [0.3, 0.4) is 0 Å². The molecule has 1 amide bonds. The summed E-state index contributed by atoms with van der Waals surface area (Å²) in [5.41, 5.74) is 4.19. The Kier molecular flexibility index (Phi) is 7.82. The maximum Gasteiger partial charge on any atom is 0.262 e. The van der Waals surface area contributed by atoms with E-state index in [-0.39, 0.29) is 11.7 Å². The lowest BCUT2D eigenvalue weighted by molar-refractivity contribution is 0.0999. The van der Waals surface area contributed by atoms with Crippen molar-refractivity contribution in [1.29, 1.82) is 0 Å². The van der Waals surface area contributed by atoms with Crippen molar-refractivity contribution in [3.05, 3.63) is 109 Å². The van der Waals surface area contributed by atoms with Crippen LogP contribution in [0.5, 0.6) is 11.5 Å². The van der Waals surface area contributed by atoms with Crippen LogP contribution < -0.4 is 15.0 Å². The van der Waals surface area contributed by atoms with Crippen molar-refractivity contribution >= 4 is 17.3 Å². The Morgan fingerprint density at radius 3 is 2.11 bits per heavy atom. The average Bonchev–Trinajstić information content (AvgIpc) is 2.96. The molecule has 5 rings (SSSR count). The predicted molar refractivity (Wildman–Crippen MR) is 149 cm³/mol. The fourth-order valence-corrected chi connectivity index (χ4v) is 4.73. The molecule has 1 fully saturated rings. The number of piperidine rings is 1. The molecule has 37 heavy (non-hydrogen) atoms. The van der Waals surface area contributed by atoms with Crippen LogP contribution in [0.25, 0.3) is 11.1 Å². The van der Waals surface area contributed by atoms with Crippen molar-refractivity contribution in [2.24, 2.45) is 0 Å². The van der Waals surface area contributed by atoms with Crippen molar-refractivity contribution in [3.63, 3.8) is 0 Å². The van der Waals surface area contributed by atoms with Gasteiger partial charge in [-0.3, -0.25) is 9.69 Å². The standard InChI is InChI=1S/C32H32N2O3/c35-30-17-11-26(12-18-30)32(36)34(28-13-9-25(10-14-28)24-6-2-1-3-7-24)29-15-19-31(20-16-29)37-23-21-27-8-4-5-22-33-27/h1-3,6-7,9-20,27,33,35H,4-5,8,21-23H2. The van der Waals surface area contributed by atoms with Crippen molar-refractivity contribution in [2.45, 2.75) is 31.7 Å². The third-order valence-electron chi connectivity index (χ3n) is 6.79. The largest absolute Gasteiger partial charge is 0.508 e. The molecule has 4 aromatic rings. The van der Waals surface area contributed by atoms with Gasteiger partial charge in [-0.05, 0) is 97.6 Å². The van der Waals surface area contributed by atoms with E-state index in [1.807, 2.05) is 66.7 Å². The van der Waals surface area contributed by atoms with E-state index in [1.165, 1.54) is 31.4 Å². The molecule has 4 aromatic carbocycles. The van der Waals surface area contributed by atoms with Crippen molar-refractivity contribution in [2.75, 3.05) is 18.1 Å². The van der Waals surface area contributed by atoms with Gasteiger partial charge in [0.05, 0.1) is 6.61 Å². The van der Waals surface area contributed by atoms with Crippen LogP contribution in [0.1, 0.15) is 36.0 Å². The molecule has 1 aliphatic rings. The molecule has 0 bridgehead atoms. The number of amides is 1. The number of carbonyl (C=O) groups excluding carboxylic acids is 1. The Bertz CT molecular complexity index is 1280. The Labute approximate surface area is 218 Å². The molecule has 0 spiro atoms. The Balaban J connectivity index is 1.36. The fraction of sp³-hybridized carbons (Fsp3) is 0.219. The first kappa shape index (κ1) is 24.6. The number of ether oxygens (including phenoxy) is 1. The van der Waals surface area contributed by atoms with Gasteiger partial charge >= 0.3 is 0 Å². The van der Waals surface area contributed by atoms with E-state index in [1.54, 1.807) is 17.0 Å². The lowest BCUT2D eigenvalue weighted by Crippen LogP contribution is -2.35. The summed E-state index contributed by atoms with van der Waals surface area (Å²) in [5, 5.41) is 13.2. The zero-order valence-electron chi connectivity index (χ0n) is 20.8. The number of carbonyl (C=O) groups is 1. The van der Waals surface area contributed by atoms with Crippen LogP contribution in [0, 0.1) is 0 Å². The summed E-state index contributed by atoms with van der Waals surface area (Å²) >= 11 is 0. The predicted octanol–water partition coefficient (Wildman–Crippen LogP) is 6.95. The molecule has 0 aromatic heterocycles. The molecule has 1 atom stereocenters. The van der Waals surface area contributed by atoms with Crippen LogP contribution in [-0.4, -0.2) is 30.2 Å². The molecule has 1 aliphatic heterocycles. The molecular weight excluding hydrogens is 460 g/mol. The highest BCUT2D eigenvalue weighted by Gasteiger charge is 2.20. The smallest absolute Gasteiger partial charge is 0.262 e. The van der Waals surface area contributed by atoms with Gasteiger partial charge in [0.15, 0.2) is 0 Å². The van der Waals surface area contributed by atoms with Crippen LogP contribution in [0.15, 0.2) is 103 Å². The molecule has 0 aliphatic carbocycles. The lowest BCUT2D eigenvalue weighted by Gasteiger charge is -2.24. The molecule has 2 N–H and O–H groups in total. The number of aromatic hydroxyl groups is 1.